The number of benzene rings is 6. The van der Waals surface area contributed by atoms with Crippen molar-refractivity contribution in [2.75, 3.05) is 0 Å². The summed E-state index contributed by atoms with van der Waals surface area (Å²) in [7, 11) is 0. The lowest BCUT2D eigenvalue weighted by atomic mass is 9.97. The molecule has 6 aromatic rings. The van der Waals surface area contributed by atoms with E-state index in [0.717, 1.165) is 17.0 Å². The van der Waals surface area contributed by atoms with Gasteiger partial charge >= 0.3 is 0 Å². The van der Waals surface area contributed by atoms with E-state index in [1.54, 1.807) is 0 Å². The highest BCUT2D eigenvalue weighted by Crippen LogP contribution is 2.31. The summed E-state index contributed by atoms with van der Waals surface area (Å²) in [6, 6.07) is 49.3. The van der Waals surface area contributed by atoms with Crippen LogP contribution in [0, 0.1) is 0 Å². The predicted molar refractivity (Wildman–Crippen MR) is 158 cm³/mol. The first-order valence-corrected chi connectivity index (χ1v) is 13.0. The molecule has 0 saturated heterocycles. The number of nitrogens with one attached hydrogen (secondary N) is 2. The molecule has 0 spiro atoms. The minimum Gasteiger partial charge on any atom is -0.350 e. The molecule has 1 heterocycles. The van der Waals surface area contributed by atoms with Crippen LogP contribution in [0.25, 0.3) is 32.7 Å². The molecule has 2 unspecified atom stereocenters. The topological polar surface area (TPSA) is 36.4 Å². The lowest BCUT2D eigenvalue weighted by molar-refractivity contribution is 0.409. The summed E-state index contributed by atoms with van der Waals surface area (Å²) in [5.74, 6) is 0.897. The molecule has 0 radical (unpaired) electrons. The van der Waals surface area contributed by atoms with Crippen LogP contribution >= 0.6 is 0 Å². The highest BCUT2D eigenvalue weighted by atomic mass is 15.3. The van der Waals surface area contributed by atoms with Gasteiger partial charge in [-0.15, -0.1) is 0 Å². The van der Waals surface area contributed by atoms with Gasteiger partial charge in [0.15, 0.2) is 0 Å². The molecule has 2 N–H and O–H groups in total. The largest absolute Gasteiger partial charge is 0.350 e. The second-order valence-electron chi connectivity index (χ2n) is 9.75. The Morgan fingerprint density at radius 2 is 1.24 bits per heavy atom. The Bertz CT molecular complexity index is 1770. The van der Waals surface area contributed by atoms with Gasteiger partial charge in [0, 0.05) is 5.56 Å². The van der Waals surface area contributed by atoms with Gasteiger partial charge in [0.25, 0.3) is 0 Å². The van der Waals surface area contributed by atoms with Gasteiger partial charge in [0.1, 0.15) is 18.2 Å². The third-order valence-electron chi connectivity index (χ3n) is 7.33. The molecule has 0 fully saturated rings. The summed E-state index contributed by atoms with van der Waals surface area (Å²) in [5, 5.41) is 12.3. The molecule has 0 amide bonds. The van der Waals surface area contributed by atoms with Crippen molar-refractivity contribution in [3.8, 4) is 11.1 Å². The van der Waals surface area contributed by atoms with Crippen LogP contribution in [0.15, 0.2) is 145 Å². The van der Waals surface area contributed by atoms with Crippen LogP contribution < -0.4 is 10.6 Å². The maximum Gasteiger partial charge on any atom is 0.132 e. The Labute approximate surface area is 222 Å². The number of amidine groups is 1. The monoisotopic (exact) mass is 489 g/mol. The van der Waals surface area contributed by atoms with Crippen LogP contribution in [-0.2, 0) is 0 Å². The standard InChI is InChI=1S/C35H27N3/c1-3-10-24(11-4-1)28-20-21-31-29(22-28)16-9-17-32(31)35-37-33(26-13-5-2-6-14-26)36-34(38-35)30-19-18-25-12-7-8-15-27(25)23-30/h1-23,33-34,36H,(H,37,38). The molecule has 3 nitrogen and oxygen atoms in total. The zero-order valence-corrected chi connectivity index (χ0v) is 20.9. The van der Waals surface area contributed by atoms with Gasteiger partial charge < -0.3 is 5.32 Å². The van der Waals surface area contributed by atoms with E-state index in [1.807, 2.05) is 0 Å². The number of rotatable bonds is 4. The lowest BCUT2D eigenvalue weighted by Gasteiger charge is -2.32. The molecule has 0 aromatic heterocycles. The highest BCUT2D eigenvalue weighted by molar-refractivity contribution is 6.10. The van der Waals surface area contributed by atoms with Gasteiger partial charge in [-0.25, -0.2) is 4.99 Å². The van der Waals surface area contributed by atoms with E-state index in [2.05, 4.69) is 150 Å². The van der Waals surface area contributed by atoms with E-state index in [1.165, 1.54) is 38.2 Å². The average Bonchev–Trinajstić information content (AvgIpc) is 3.01. The molecular weight excluding hydrogens is 462 g/mol. The van der Waals surface area contributed by atoms with Crippen molar-refractivity contribution in [2.24, 2.45) is 4.99 Å². The van der Waals surface area contributed by atoms with Gasteiger partial charge in [-0.05, 0) is 55.9 Å². The van der Waals surface area contributed by atoms with Gasteiger partial charge in [-0.1, -0.05) is 127 Å². The number of aliphatic imine (C=N–C) groups is 1. The highest BCUT2D eigenvalue weighted by Gasteiger charge is 2.26. The molecule has 1 aliphatic heterocycles. The van der Waals surface area contributed by atoms with Gasteiger partial charge in [0.05, 0.1) is 0 Å². The maximum absolute atomic E-state index is 5.23. The van der Waals surface area contributed by atoms with Crippen LogP contribution in [0.3, 0.4) is 0 Å². The number of hydrogen-bond acceptors (Lipinski definition) is 3. The summed E-state index contributed by atoms with van der Waals surface area (Å²) in [6.45, 7) is 0. The molecule has 0 saturated carbocycles. The molecular formula is C35H27N3. The Balaban J connectivity index is 1.34. The lowest BCUT2D eigenvalue weighted by Crippen LogP contribution is -2.45. The van der Waals surface area contributed by atoms with E-state index >= 15 is 0 Å². The van der Waals surface area contributed by atoms with Crippen molar-refractivity contribution in [1.29, 1.82) is 0 Å². The third-order valence-corrected chi connectivity index (χ3v) is 7.33. The van der Waals surface area contributed by atoms with E-state index < -0.39 is 0 Å². The van der Waals surface area contributed by atoms with E-state index in [-0.39, 0.29) is 12.3 Å². The first-order chi connectivity index (χ1) is 18.8. The Morgan fingerprint density at radius 3 is 2.08 bits per heavy atom. The van der Waals surface area contributed by atoms with Crippen molar-refractivity contribution < 1.29 is 0 Å². The van der Waals surface area contributed by atoms with E-state index in [9.17, 15) is 0 Å². The third kappa shape index (κ3) is 4.23. The molecule has 1 aliphatic rings. The SMILES string of the molecule is c1ccc(-c2ccc3c(C4=NC(c5ccc6ccccc6c5)NC(c5ccccc5)N4)cccc3c2)cc1. The molecule has 2 atom stereocenters. The Morgan fingerprint density at radius 1 is 0.500 bits per heavy atom. The van der Waals surface area contributed by atoms with Crippen molar-refractivity contribution in [3.63, 3.8) is 0 Å². The van der Waals surface area contributed by atoms with E-state index in [0.29, 0.717) is 0 Å². The summed E-state index contributed by atoms with van der Waals surface area (Å²) >= 11 is 0. The first-order valence-electron chi connectivity index (χ1n) is 13.0. The van der Waals surface area contributed by atoms with Crippen LogP contribution in [0.4, 0.5) is 0 Å². The normalized spacial score (nSPS) is 17.2. The van der Waals surface area contributed by atoms with Gasteiger partial charge in [-0.3, -0.25) is 5.32 Å². The van der Waals surface area contributed by atoms with Crippen molar-refractivity contribution in [3.05, 3.63) is 156 Å². The van der Waals surface area contributed by atoms with Crippen molar-refractivity contribution in [2.45, 2.75) is 12.3 Å². The Kier molecular flexibility index (Phi) is 5.69. The van der Waals surface area contributed by atoms with Crippen LogP contribution in [-0.4, -0.2) is 5.84 Å². The number of nitrogens with zero attached hydrogens (tertiary/aromatic N) is 1. The number of hydrogen-bond donors (Lipinski definition) is 2. The zero-order valence-electron chi connectivity index (χ0n) is 20.9. The van der Waals surface area contributed by atoms with Crippen LogP contribution in [0.2, 0.25) is 0 Å². The minimum absolute atomic E-state index is 0.0704. The summed E-state index contributed by atoms with van der Waals surface area (Å²) in [6.07, 6.45) is -0.251. The van der Waals surface area contributed by atoms with Gasteiger partial charge in [0.2, 0.25) is 0 Å². The smallest absolute Gasteiger partial charge is 0.132 e. The molecule has 0 aliphatic carbocycles. The fourth-order valence-electron chi connectivity index (χ4n) is 5.36. The summed E-state index contributed by atoms with van der Waals surface area (Å²) < 4.78 is 0. The molecule has 6 aromatic carbocycles. The van der Waals surface area contributed by atoms with Crippen molar-refractivity contribution in [1.82, 2.24) is 10.6 Å². The summed E-state index contributed by atoms with van der Waals surface area (Å²) in [5.41, 5.74) is 5.87. The molecule has 182 valence electrons. The average molecular weight is 490 g/mol. The Hall–Kier alpha value is -4.73. The zero-order chi connectivity index (χ0) is 25.3. The summed E-state index contributed by atoms with van der Waals surface area (Å²) in [4.78, 5) is 5.23. The first kappa shape index (κ1) is 22.5. The fourth-order valence-corrected chi connectivity index (χ4v) is 5.36. The molecule has 38 heavy (non-hydrogen) atoms. The van der Waals surface area contributed by atoms with Crippen LogP contribution in [0.5, 0.6) is 0 Å². The molecule has 3 heteroatoms. The maximum atomic E-state index is 5.23. The second-order valence-corrected chi connectivity index (χ2v) is 9.75. The quantitative estimate of drug-likeness (QED) is 0.263. The fraction of sp³-hybridized carbons (Fsp3) is 0.0571. The minimum atomic E-state index is -0.181. The number of fused-ring (bicyclic) bond motifs is 2. The molecule has 0 bridgehead atoms. The predicted octanol–water partition coefficient (Wildman–Crippen LogP) is 8.00. The van der Waals surface area contributed by atoms with Crippen molar-refractivity contribution >= 4 is 27.4 Å². The van der Waals surface area contributed by atoms with E-state index in [4.69, 9.17) is 4.99 Å². The van der Waals surface area contributed by atoms with Gasteiger partial charge in [-0.2, -0.15) is 0 Å². The van der Waals surface area contributed by atoms with Crippen LogP contribution in [0.1, 0.15) is 29.0 Å². The second kappa shape index (κ2) is 9.62. The molecule has 7 rings (SSSR count).